The lowest BCUT2D eigenvalue weighted by atomic mass is 9.98. The number of ether oxygens (including phenoxy) is 1. The molecule has 20 heavy (non-hydrogen) atoms. The van der Waals surface area contributed by atoms with Crippen LogP contribution in [0.5, 0.6) is 0 Å². The van der Waals surface area contributed by atoms with Gasteiger partial charge in [-0.15, -0.1) is 12.4 Å². The highest BCUT2D eigenvalue weighted by atomic mass is 35.5. The Kier molecular flexibility index (Phi) is 6.82. The topological polar surface area (TPSA) is 38.5 Å². The van der Waals surface area contributed by atoms with Gasteiger partial charge in [0, 0.05) is 38.9 Å². The summed E-state index contributed by atoms with van der Waals surface area (Å²) < 4.78 is 31.7. The van der Waals surface area contributed by atoms with Crippen LogP contribution in [0.1, 0.15) is 18.4 Å². The van der Waals surface area contributed by atoms with E-state index >= 15 is 0 Å². The molecule has 6 heteroatoms. The highest BCUT2D eigenvalue weighted by Gasteiger charge is 2.27. The van der Waals surface area contributed by atoms with Crippen LogP contribution >= 0.6 is 12.4 Å². The highest BCUT2D eigenvalue weighted by Crippen LogP contribution is 2.21. The van der Waals surface area contributed by atoms with Gasteiger partial charge in [0.2, 0.25) is 0 Å². The second-order valence-electron chi connectivity index (χ2n) is 5.02. The van der Waals surface area contributed by atoms with Crippen LogP contribution in [0, 0.1) is 11.6 Å². The molecule has 0 bridgehead atoms. The Morgan fingerprint density at radius 1 is 1.30 bits per heavy atom. The summed E-state index contributed by atoms with van der Waals surface area (Å²) in [4.78, 5) is 2.17. The van der Waals surface area contributed by atoms with Crippen molar-refractivity contribution in [3.8, 4) is 0 Å². The quantitative estimate of drug-likeness (QED) is 0.928. The highest BCUT2D eigenvalue weighted by molar-refractivity contribution is 5.85. The fourth-order valence-electron chi connectivity index (χ4n) is 2.67. The number of halogens is 3. The van der Waals surface area contributed by atoms with Gasteiger partial charge in [-0.1, -0.05) is 0 Å². The van der Waals surface area contributed by atoms with E-state index in [-0.39, 0.29) is 24.6 Å². The minimum Gasteiger partial charge on any atom is -0.381 e. The fourth-order valence-corrected chi connectivity index (χ4v) is 2.67. The van der Waals surface area contributed by atoms with Crippen LogP contribution in [0.3, 0.4) is 0 Å². The molecule has 1 heterocycles. The van der Waals surface area contributed by atoms with Gasteiger partial charge in [-0.2, -0.15) is 0 Å². The minimum atomic E-state index is -0.536. The zero-order valence-electron chi connectivity index (χ0n) is 11.5. The molecule has 1 aliphatic heterocycles. The molecule has 0 aliphatic carbocycles. The molecular formula is C14H21ClF2N2O. The lowest BCUT2D eigenvalue weighted by Crippen LogP contribution is -2.47. The Morgan fingerprint density at radius 3 is 2.50 bits per heavy atom. The van der Waals surface area contributed by atoms with Gasteiger partial charge in [-0.05, 0) is 30.5 Å². The molecule has 0 spiro atoms. The number of benzene rings is 1. The smallest absolute Gasteiger partial charge is 0.126 e. The number of nitrogens with two attached hydrogens (primary N) is 1. The first-order chi connectivity index (χ1) is 9.12. The van der Waals surface area contributed by atoms with Crippen molar-refractivity contribution >= 4 is 12.4 Å². The van der Waals surface area contributed by atoms with Crippen molar-refractivity contribution in [3.63, 3.8) is 0 Å². The van der Waals surface area contributed by atoms with Gasteiger partial charge in [-0.3, -0.25) is 4.90 Å². The van der Waals surface area contributed by atoms with E-state index in [2.05, 4.69) is 4.90 Å². The van der Waals surface area contributed by atoms with E-state index < -0.39 is 11.6 Å². The summed E-state index contributed by atoms with van der Waals surface area (Å²) >= 11 is 0. The number of likely N-dealkylation sites (tertiary alicyclic amines) is 1. The molecule has 114 valence electrons. The standard InChI is InChI=1S/C14H20F2N2O.ClH/c1-19-14-2-3-18(13(7-14)8-17)9-10-4-11(15)6-12(16)5-10;/h4-6,13-14H,2-3,7-9,17H2,1H3;1H. The zero-order chi connectivity index (χ0) is 13.8. The Bertz CT molecular complexity index is 413. The summed E-state index contributed by atoms with van der Waals surface area (Å²) in [6.07, 6.45) is 2.02. The Morgan fingerprint density at radius 2 is 1.95 bits per heavy atom. The average molecular weight is 307 g/mol. The van der Waals surface area contributed by atoms with Crippen molar-refractivity contribution in [1.29, 1.82) is 0 Å². The SMILES string of the molecule is COC1CCN(Cc2cc(F)cc(F)c2)C(CN)C1.Cl. The zero-order valence-corrected chi connectivity index (χ0v) is 12.3. The first kappa shape index (κ1) is 17.3. The monoisotopic (exact) mass is 306 g/mol. The summed E-state index contributed by atoms with van der Waals surface area (Å²) in [5.41, 5.74) is 6.42. The molecule has 1 aromatic rings. The number of methoxy groups -OCH3 is 1. The first-order valence-corrected chi connectivity index (χ1v) is 6.54. The molecular weight excluding hydrogens is 286 g/mol. The molecule has 2 N–H and O–H groups in total. The van der Waals surface area contributed by atoms with E-state index in [1.54, 1.807) is 7.11 Å². The Balaban J connectivity index is 0.00000200. The lowest BCUT2D eigenvalue weighted by Gasteiger charge is -2.38. The molecule has 0 aromatic heterocycles. The van der Waals surface area contributed by atoms with Crippen molar-refractivity contribution in [2.24, 2.45) is 5.73 Å². The van der Waals surface area contributed by atoms with Crippen LogP contribution in [0.2, 0.25) is 0 Å². The molecule has 1 fully saturated rings. The average Bonchev–Trinajstić information content (AvgIpc) is 2.38. The summed E-state index contributed by atoms with van der Waals surface area (Å²) in [6.45, 7) is 1.88. The lowest BCUT2D eigenvalue weighted by molar-refractivity contribution is 0.0102. The summed E-state index contributed by atoms with van der Waals surface area (Å²) in [6, 6.07) is 3.84. The third-order valence-electron chi connectivity index (χ3n) is 3.70. The van der Waals surface area contributed by atoms with E-state index in [9.17, 15) is 8.78 Å². The van der Waals surface area contributed by atoms with Crippen molar-refractivity contribution in [1.82, 2.24) is 4.90 Å². The van der Waals surface area contributed by atoms with E-state index in [1.807, 2.05) is 0 Å². The largest absolute Gasteiger partial charge is 0.381 e. The Labute approximate surface area is 124 Å². The third-order valence-corrected chi connectivity index (χ3v) is 3.70. The summed E-state index contributed by atoms with van der Waals surface area (Å²) in [5.74, 6) is -1.07. The number of piperidine rings is 1. The summed E-state index contributed by atoms with van der Waals surface area (Å²) in [7, 11) is 1.70. The van der Waals surface area contributed by atoms with Gasteiger partial charge < -0.3 is 10.5 Å². The Hall–Kier alpha value is -0.750. The van der Waals surface area contributed by atoms with Gasteiger partial charge >= 0.3 is 0 Å². The number of rotatable bonds is 4. The van der Waals surface area contributed by atoms with E-state index in [4.69, 9.17) is 10.5 Å². The molecule has 0 amide bonds. The number of hydrogen-bond donors (Lipinski definition) is 1. The van der Waals surface area contributed by atoms with Crippen LogP contribution in [0.25, 0.3) is 0 Å². The number of nitrogens with zero attached hydrogens (tertiary/aromatic N) is 1. The predicted octanol–water partition coefficient (Wildman–Crippen LogP) is 2.32. The maximum Gasteiger partial charge on any atom is 0.126 e. The van der Waals surface area contributed by atoms with Gasteiger partial charge in [0.05, 0.1) is 6.10 Å². The van der Waals surface area contributed by atoms with Crippen LogP contribution in [0.15, 0.2) is 18.2 Å². The van der Waals surface area contributed by atoms with E-state index in [0.29, 0.717) is 18.7 Å². The fraction of sp³-hybridized carbons (Fsp3) is 0.571. The second kappa shape index (κ2) is 7.88. The van der Waals surface area contributed by atoms with E-state index in [0.717, 1.165) is 25.5 Å². The van der Waals surface area contributed by atoms with Crippen molar-refractivity contribution < 1.29 is 13.5 Å². The molecule has 3 nitrogen and oxygen atoms in total. The summed E-state index contributed by atoms with van der Waals surface area (Å²) in [5, 5.41) is 0. The van der Waals surface area contributed by atoms with Crippen LogP contribution in [0.4, 0.5) is 8.78 Å². The molecule has 2 atom stereocenters. The van der Waals surface area contributed by atoms with Crippen LogP contribution in [-0.2, 0) is 11.3 Å². The normalized spacial score (nSPS) is 23.4. The van der Waals surface area contributed by atoms with Gasteiger partial charge in [0.25, 0.3) is 0 Å². The minimum absolute atomic E-state index is 0. The van der Waals surface area contributed by atoms with Gasteiger partial charge in [0.15, 0.2) is 0 Å². The van der Waals surface area contributed by atoms with Crippen molar-refractivity contribution in [3.05, 3.63) is 35.4 Å². The maximum absolute atomic E-state index is 13.2. The predicted molar refractivity (Wildman–Crippen MR) is 76.9 cm³/mol. The molecule has 0 radical (unpaired) electrons. The second-order valence-corrected chi connectivity index (χ2v) is 5.02. The third kappa shape index (κ3) is 4.38. The number of hydrogen-bond acceptors (Lipinski definition) is 3. The van der Waals surface area contributed by atoms with Crippen molar-refractivity contribution in [2.75, 3.05) is 20.2 Å². The molecule has 1 aliphatic rings. The van der Waals surface area contributed by atoms with Crippen LogP contribution < -0.4 is 5.73 Å². The van der Waals surface area contributed by atoms with E-state index in [1.165, 1.54) is 12.1 Å². The van der Waals surface area contributed by atoms with Crippen molar-refractivity contribution in [2.45, 2.75) is 31.5 Å². The van der Waals surface area contributed by atoms with Gasteiger partial charge in [0.1, 0.15) is 11.6 Å². The maximum atomic E-state index is 13.2. The molecule has 2 rings (SSSR count). The molecule has 0 saturated carbocycles. The molecule has 1 aromatic carbocycles. The molecule has 2 unspecified atom stereocenters. The first-order valence-electron chi connectivity index (χ1n) is 6.54. The van der Waals surface area contributed by atoms with Crippen LogP contribution in [-0.4, -0.2) is 37.2 Å². The molecule has 1 saturated heterocycles. The van der Waals surface area contributed by atoms with Gasteiger partial charge in [-0.25, -0.2) is 8.78 Å².